The molecule has 5 heteroatoms. The Hall–Kier alpha value is -1.36. The average Bonchev–Trinajstić information content (AvgIpc) is 2.52. The predicted octanol–water partition coefficient (Wildman–Crippen LogP) is 2.63. The molecule has 1 aromatic carbocycles. The number of rotatable bonds is 9. The van der Waals surface area contributed by atoms with Crippen molar-refractivity contribution in [1.82, 2.24) is 10.2 Å². The van der Waals surface area contributed by atoms with Gasteiger partial charge in [-0.1, -0.05) is 43.7 Å². The Morgan fingerprint density at radius 1 is 1.27 bits per heavy atom. The summed E-state index contributed by atoms with van der Waals surface area (Å²) < 4.78 is 12.1. The fourth-order valence-electron chi connectivity index (χ4n) is 2.06. The van der Waals surface area contributed by atoms with E-state index in [1.807, 2.05) is 30.3 Å². The van der Waals surface area contributed by atoms with Crippen molar-refractivity contribution in [3.8, 4) is 0 Å². The van der Waals surface area contributed by atoms with Crippen LogP contribution in [0.25, 0.3) is 0 Å². The maximum Gasteiger partial charge on any atom is 0.193 e. The minimum atomic E-state index is -0.863. The van der Waals surface area contributed by atoms with E-state index in [4.69, 9.17) is 0 Å². The van der Waals surface area contributed by atoms with E-state index < -0.39 is 10.8 Å². The van der Waals surface area contributed by atoms with Crippen molar-refractivity contribution in [3.05, 3.63) is 35.9 Å². The van der Waals surface area contributed by atoms with Gasteiger partial charge < -0.3 is 10.2 Å². The normalized spacial score (nSPS) is 13.0. The van der Waals surface area contributed by atoms with Gasteiger partial charge in [0.15, 0.2) is 5.96 Å². The van der Waals surface area contributed by atoms with Crippen molar-refractivity contribution < 1.29 is 4.21 Å². The molecule has 0 aliphatic carbocycles. The zero-order chi connectivity index (χ0) is 16.2. The fourth-order valence-corrected chi connectivity index (χ4v) is 3.06. The zero-order valence-electron chi connectivity index (χ0n) is 14.0. The molecular weight excluding hydrogens is 294 g/mol. The smallest absolute Gasteiger partial charge is 0.193 e. The van der Waals surface area contributed by atoms with Gasteiger partial charge in [0.05, 0.1) is 6.54 Å². The SMILES string of the molecule is CCCCN(C)C(=NCCS(=O)Cc1ccccc1)NCC. The van der Waals surface area contributed by atoms with Crippen molar-refractivity contribution in [3.63, 3.8) is 0 Å². The molecule has 0 saturated carbocycles. The van der Waals surface area contributed by atoms with Crippen LogP contribution in [0.15, 0.2) is 35.3 Å². The predicted molar refractivity (Wildman–Crippen MR) is 96.7 cm³/mol. The summed E-state index contributed by atoms with van der Waals surface area (Å²) in [6.07, 6.45) is 2.33. The van der Waals surface area contributed by atoms with E-state index in [0.717, 1.165) is 31.0 Å². The molecule has 22 heavy (non-hydrogen) atoms. The van der Waals surface area contributed by atoms with Crippen LogP contribution in [0.5, 0.6) is 0 Å². The van der Waals surface area contributed by atoms with Gasteiger partial charge in [0.1, 0.15) is 0 Å². The first kappa shape index (κ1) is 18.7. The summed E-state index contributed by atoms with van der Waals surface area (Å²) in [5.41, 5.74) is 1.12. The number of benzene rings is 1. The summed E-state index contributed by atoms with van der Waals surface area (Å²) in [6, 6.07) is 9.98. The molecular formula is C17H29N3OS. The van der Waals surface area contributed by atoms with Crippen LogP contribution in [0.1, 0.15) is 32.3 Å². The number of nitrogens with zero attached hydrogens (tertiary/aromatic N) is 2. The van der Waals surface area contributed by atoms with Crippen LogP contribution >= 0.6 is 0 Å². The van der Waals surface area contributed by atoms with E-state index in [-0.39, 0.29) is 0 Å². The highest BCUT2D eigenvalue weighted by Crippen LogP contribution is 2.03. The van der Waals surface area contributed by atoms with Gasteiger partial charge in [-0.15, -0.1) is 0 Å². The van der Waals surface area contributed by atoms with Crippen LogP contribution in [-0.2, 0) is 16.6 Å². The molecule has 0 bridgehead atoms. The lowest BCUT2D eigenvalue weighted by molar-refractivity contribution is 0.465. The molecule has 1 rings (SSSR count). The molecule has 0 aliphatic heterocycles. The van der Waals surface area contributed by atoms with E-state index in [1.165, 1.54) is 6.42 Å². The van der Waals surface area contributed by atoms with Gasteiger partial charge in [-0.05, 0) is 18.9 Å². The summed E-state index contributed by atoms with van der Waals surface area (Å²) in [5.74, 6) is 2.12. The lowest BCUT2D eigenvalue weighted by atomic mass is 10.2. The first-order valence-electron chi connectivity index (χ1n) is 8.05. The number of nitrogens with one attached hydrogen (secondary N) is 1. The van der Waals surface area contributed by atoms with Crippen molar-refractivity contribution in [2.45, 2.75) is 32.4 Å². The number of unbranched alkanes of at least 4 members (excludes halogenated alkanes) is 1. The van der Waals surface area contributed by atoms with Gasteiger partial charge in [0.2, 0.25) is 0 Å². The lowest BCUT2D eigenvalue weighted by Crippen LogP contribution is -2.39. The van der Waals surface area contributed by atoms with Crippen molar-refractivity contribution in [1.29, 1.82) is 0 Å². The molecule has 0 aliphatic rings. The van der Waals surface area contributed by atoms with E-state index in [9.17, 15) is 4.21 Å². The highest BCUT2D eigenvalue weighted by Gasteiger charge is 2.05. The molecule has 0 heterocycles. The van der Waals surface area contributed by atoms with E-state index in [0.29, 0.717) is 18.1 Å². The third kappa shape index (κ3) is 7.59. The Kier molecular flexibility index (Phi) is 9.55. The summed E-state index contributed by atoms with van der Waals surface area (Å²) in [5, 5.41) is 3.29. The fraction of sp³-hybridized carbons (Fsp3) is 0.588. The first-order valence-corrected chi connectivity index (χ1v) is 9.54. The molecule has 1 unspecified atom stereocenters. The second-order valence-electron chi connectivity index (χ2n) is 5.28. The largest absolute Gasteiger partial charge is 0.357 e. The zero-order valence-corrected chi connectivity index (χ0v) is 14.9. The van der Waals surface area contributed by atoms with Crippen LogP contribution in [0.4, 0.5) is 0 Å². The Labute approximate surface area is 137 Å². The van der Waals surface area contributed by atoms with Crippen molar-refractivity contribution in [2.75, 3.05) is 32.4 Å². The first-order chi connectivity index (χ1) is 10.7. The quantitative estimate of drug-likeness (QED) is 0.561. The summed E-state index contributed by atoms with van der Waals surface area (Å²) in [4.78, 5) is 6.73. The monoisotopic (exact) mass is 323 g/mol. The Morgan fingerprint density at radius 3 is 2.64 bits per heavy atom. The average molecular weight is 324 g/mol. The molecule has 0 amide bonds. The number of guanidine groups is 1. The standard InChI is InChI=1S/C17H29N3OS/c1-4-6-13-20(3)17(18-5-2)19-12-14-22(21)15-16-10-8-7-9-11-16/h7-11H,4-6,12-15H2,1-3H3,(H,18,19). The number of aliphatic imine (C=N–C) groups is 1. The second kappa shape index (κ2) is 11.2. The van der Waals surface area contributed by atoms with E-state index in [2.05, 4.69) is 36.1 Å². The van der Waals surface area contributed by atoms with Crippen LogP contribution < -0.4 is 5.32 Å². The van der Waals surface area contributed by atoms with Gasteiger partial charge in [-0.2, -0.15) is 0 Å². The van der Waals surface area contributed by atoms with Crippen molar-refractivity contribution in [2.24, 2.45) is 4.99 Å². The maximum absolute atomic E-state index is 12.1. The van der Waals surface area contributed by atoms with Gasteiger partial charge in [0.25, 0.3) is 0 Å². The van der Waals surface area contributed by atoms with Gasteiger partial charge in [-0.25, -0.2) is 0 Å². The molecule has 1 aromatic rings. The Balaban J connectivity index is 2.43. The van der Waals surface area contributed by atoms with Crippen molar-refractivity contribution >= 4 is 16.8 Å². The van der Waals surface area contributed by atoms with Crippen LogP contribution in [0.3, 0.4) is 0 Å². The maximum atomic E-state index is 12.1. The van der Waals surface area contributed by atoms with Crippen LogP contribution in [-0.4, -0.2) is 47.5 Å². The topological polar surface area (TPSA) is 44.7 Å². The number of hydrogen-bond acceptors (Lipinski definition) is 2. The highest BCUT2D eigenvalue weighted by molar-refractivity contribution is 7.84. The Morgan fingerprint density at radius 2 is 2.00 bits per heavy atom. The summed E-state index contributed by atoms with van der Waals surface area (Å²) >= 11 is 0. The highest BCUT2D eigenvalue weighted by atomic mass is 32.2. The van der Waals surface area contributed by atoms with Gasteiger partial charge >= 0.3 is 0 Å². The van der Waals surface area contributed by atoms with Gasteiger partial charge in [-0.3, -0.25) is 9.20 Å². The molecule has 0 fully saturated rings. The van der Waals surface area contributed by atoms with Gasteiger partial charge in [0, 0.05) is 42.4 Å². The number of hydrogen-bond donors (Lipinski definition) is 1. The minimum absolute atomic E-state index is 0.595. The second-order valence-corrected chi connectivity index (χ2v) is 6.86. The molecule has 0 spiro atoms. The minimum Gasteiger partial charge on any atom is -0.357 e. The lowest BCUT2D eigenvalue weighted by Gasteiger charge is -2.21. The molecule has 124 valence electrons. The van der Waals surface area contributed by atoms with E-state index >= 15 is 0 Å². The summed E-state index contributed by atoms with van der Waals surface area (Å²) in [6.45, 7) is 6.69. The molecule has 1 atom stereocenters. The molecule has 0 saturated heterocycles. The molecule has 0 radical (unpaired) electrons. The molecule has 0 aromatic heterocycles. The van der Waals surface area contributed by atoms with E-state index in [1.54, 1.807) is 0 Å². The summed E-state index contributed by atoms with van der Waals surface area (Å²) in [7, 11) is 1.19. The molecule has 1 N–H and O–H groups in total. The molecule has 4 nitrogen and oxygen atoms in total. The third-order valence-electron chi connectivity index (χ3n) is 3.29. The Bertz CT molecular complexity index is 462. The van der Waals surface area contributed by atoms with Crippen LogP contribution in [0, 0.1) is 0 Å². The van der Waals surface area contributed by atoms with Crippen LogP contribution in [0.2, 0.25) is 0 Å². The third-order valence-corrected chi connectivity index (χ3v) is 4.59.